The second kappa shape index (κ2) is 11.7. The zero-order chi connectivity index (χ0) is 25.7. The van der Waals surface area contributed by atoms with E-state index < -0.39 is 11.9 Å². The smallest absolute Gasteiger partial charge is 0.343 e. The Balaban J connectivity index is 0.00000148. The van der Waals surface area contributed by atoms with Crippen molar-refractivity contribution in [1.82, 2.24) is 4.90 Å². The van der Waals surface area contributed by atoms with E-state index in [4.69, 9.17) is 15.2 Å². The quantitative estimate of drug-likeness (QED) is 0.282. The Hall–Kier alpha value is -3.19. The fraction of sp³-hybridized carbons (Fsp3) is 0.310. The van der Waals surface area contributed by atoms with Crippen molar-refractivity contribution >= 4 is 23.5 Å². The van der Waals surface area contributed by atoms with Crippen LogP contribution in [-0.4, -0.2) is 43.4 Å². The molecular formula is C29H31ClN2O4. The highest BCUT2D eigenvalue weighted by molar-refractivity contribution is 6.15. The molecule has 1 unspecified atom stereocenters. The van der Waals surface area contributed by atoms with Crippen LogP contribution in [0.2, 0.25) is 0 Å². The molecule has 1 aliphatic heterocycles. The summed E-state index contributed by atoms with van der Waals surface area (Å²) in [5.74, 6) is -0.332. The van der Waals surface area contributed by atoms with Crippen molar-refractivity contribution in [3.05, 3.63) is 82.9 Å². The van der Waals surface area contributed by atoms with Gasteiger partial charge in [-0.3, -0.25) is 9.69 Å². The van der Waals surface area contributed by atoms with Crippen LogP contribution in [0, 0.1) is 0 Å². The first-order valence-electron chi connectivity index (χ1n) is 12.1. The van der Waals surface area contributed by atoms with Crippen LogP contribution >= 0.6 is 11.6 Å². The van der Waals surface area contributed by atoms with Crippen molar-refractivity contribution in [3.8, 4) is 22.6 Å². The third-order valence-electron chi connectivity index (χ3n) is 6.70. The number of halogens is 1. The number of carbonyl (C=O) groups excluding carboxylic acids is 2. The molecule has 6 nitrogen and oxygen atoms in total. The number of rotatable bonds is 6. The van der Waals surface area contributed by atoms with Gasteiger partial charge in [0.25, 0.3) is 0 Å². The Morgan fingerprint density at radius 1 is 1.00 bits per heavy atom. The van der Waals surface area contributed by atoms with Gasteiger partial charge in [-0.2, -0.15) is 0 Å². The Labute approximate surface area is 217 Å². The molecule has 0 saturated carbocycles. The Kier molecular flexibility index (Phi) is 8.41. The third kappa shape index (κ3) is 5.16. The lowest BCUT2D eigenvalue weighted by Gasteiger charge is -2.40. The number of hydrogen-bond donors (Lipinski definition) is 1. The van der Waals surface area contributed by atoms with Gasteiger partial charge < -0.3 is 15.2 Å². The van der Waals surface area contributed by atoms with E-state index in [0.29, 0.717) is 24.3 Å². The number of nitrogens with zero attached hydrogens (tertiary/aromatic N) is 1. The number of esters is 2. The summed E-state index contributed by atoms with van der Waals surface area (Å²) in [6.45, 7) is 1.41. The Morgan fingerprint density at radius 3 is 2.53 bits per heavy atom. The molecular weight excluding hydrogens is 476 g/mol. The lowest BCUT2D eigenvalue weighted by Crippen LogP contribution is -2.35. The molecule has 2 N–H and O–H groups in total. The standard InChI is InChI=1S/C28H28N2O4.CH3Cl/c1-30-16-14-18-9-5-10-21-25(18)22(30)17-20-12-13-23(33-24(31)11-6-15-29)27(26(20)21)34-28(32)19-7-3-2-4-8-19;1-2/h2-5,7-10,12-13,22H,6,11,14-17,29H2,1H3;1H3. The van der Waals surface area contributed by atoms with Gasteiger partial charge in [-0.05, 0) is 73.3 Å². The van der Waals surface area contributed by atoms with Crippen LogP contribution in [0.25, 0.3) is 11.1 Å². The number of fused-ring (bicyclic) bond motifs is 2. The second-order valence-electron chi connectivity index (χ2n) is 8.88. The van der Waals surface area contributed by atoms with Crippen molar-refractivity contribution in [1.29, 1.82) is 0 Å². The molecule has 0 amide bonds. The fourth-order valence-electron chi connectivity index (χ4n) is 4.98. The summed E-state index contributed by atoms with van der Waals surface area (Å²) in [5, 5.41) is 0. The highest BCUT2D eigenvalue weighted by atomic mass is 35.5. The van der Waals surface area contributed by atoms with E-state index in [2.05, 4.69) is 35.7 Å². The average Bonchev–Trinajstić information content (AvgIpc) is 2.92. The summed E-state index contributed by atoms with van der Waals surface area (Å²) in [6.07, 6.45) is 3.97. The number of likely N-dealkylation sites (N-methyl/N-ethyl adjacent to an activating group) is 1. The highest BCUT2D eigenvalue weighted by Crippen LogP contribution is 2.51. The minimum atomic E-state index is -0.489. The van der Waals surface area contributed by atoms with E-state index >= 15 is 0 Å². The van der Waals surface area contributed by atoms with Crippen LogP contribution < -0.4 is 15.2 Å². The molecule has 0 radical (unpaired) electrons. The summed E-state index contributed by atoms with van der Waals surface area (Å²) >= 11 is 4.64. The molecule has 1 heterocycles. The Morgan fingerprint density at radius 2 is 1.78 bits per heavy atom. The maximum absolute atomic E-state index is 13.1. The van der Waals surface area contributed by atoms with Gasteiger partial charge in [0, 0.05) is 31.0 Å². The third-order valence-corrected chi connectivity index (χ3v) is 6.70. The van der Waals surface area contributed by atoms with Gasteiger partial charge in [0.15, 0.2) is 11.5 Å². The van der Waals surface area contributed by atoms with Crippen molar-refractivity contribution in [2.24, 2.45) is 5.73 Å². The molecule has 188 valence electrons. The number of carbonyl (C=O) groups is 2. The van der Waals surface area contributed by atoms with Gasteiger partial charge in [0.2, 0.25) is 0 Å². The predicted molar refractivity (Wildman–Crippen MR) is 142 cm³/mol. The van der Waals surface area contributed by atoms with E-state index in [-0.39, 0.29) is 18.2 Å². The first kappa shape index (κ1) is 25.9. The van der Waals surface area contributed by atoms with Crippen LogP contribution in [0.1, 0.15) is 45.9 Å². The predicted octanol–water partition coefficient (Wildman–Crippen LogP) is 5.16. The average molecular weight is 507 g/mol. The monoisotopic (exact) mass is 506 g/mol. The van der Waals surface area contributed by atoms with Gasteiger partial charge in [0.05, 0.1) is 5.56 Å². The van der Waals surface area contributed by atoms with Crippen LogP contribution in [0.15, 0.2) is 60.7 Å². The zero-order valence-electron chi connectivity index (χ0n) is 20.6. The number of ether oxygens (including phenoxy) is 2. The summed E-state index contributed by atoms with van der Waals surface area (Å²) in [7, 11) is 2.15. The van der Waals surface area contributed by atoms with Crippen LogP contribution in [0.4, 0.5) is 0 Å². The number of nitrogens with two attached hydrogens (primary N) is 1. The van der Waals surface area contributed by atoms with Crippen molar-refractivity contribution in [2.45, 2.75) is 31.7 Å². The molecule has 0 saturated heterocycles. The van der Waals surface area contributed by atoms with Crippen LogP contribution in [0.5, 0.6) is 11.5 Å². The molecule has 3 aromatic carbocycles. The maximum Gasteiger partial charge on any atom is 0.343 e. The van der Waals surface area contributed by atoms with Gasteiger partial charge in [-0.25, -0.2) is 4.79 Å². The molecule has 0 aromatic heterocycles. The number of alkyl halides is 1. The molecule has 0 fully saturated rings. The first-order chi connectivity index (χ1) is 17.6. The van der Waals surface area contributed by atoms with Crippen molar-refractivity contribution in [3.63, 3.8) is 0 Å². The van der Waals surface area contributed by atoms with E-state index in [0.717, 1.165) is 36.1 Å². The molecule has 3 aromatic rings. The number of benzene rings is 3. The zero-order valence-corrected chi connectivity index (χ0v) is 21.4. The molecule has 2 aliphatic rings. The summed E-state index contributed by atoms with van der Waals surface area (Å²) in [5.41, 5.74) is 11.5. The fourth-order valence-corrected chi connectivity index (χ4v) is 4.98. The Bertz CT molecular complexity index is 1250. The molecule has 1 atom stereocenters. The largest absolute Gasteiger partial charge is 0.422 e. The van der Waals surface area contributed by atoms with Gasteiger partial charge in [-0.1, -0.05) is 42.5 Å². The lowest BCUT2D eigenvalue weighted by atomic mass is 9.77. The number of hydrogen-bond acceptors (Lipinski definition) is 6. The summed E-state index contributed by atoms with van der Waals surface area (Å²) in [6, 6.07) is 19.1. The van der Waals surface area contributed by atoms with Gasteiger partial charge in [0.1, 0.15) is 0 Å². The molecule has 5 rings (SSSR count). The molecule has 0 bridgehead atoms. The lowest BCUT2D eigenvalue weighted by molar-refractivity contribution is -0.134. The van der Waals surface area contributed by atoms with Crippen LogP contribution in [-0.2, 0) is 17.6 Å². The summed E-state index contributed by atoms with van der Waals surface area (Å²) < 4.78 is 11.7. The second-order valence-corrected chi connectivity index (χ2v) is 8.88. The topological polar surface area (TPSA) is 81.9 Å². The highest BCUT2D eigenvalue weighted by Gasteiger charge is 2.35. The molecule has 36 heavy (non-hydrogen) atoms. The van der Waals surface area contributed by atoms with Crippen molar-refractivity contribution in [2.75, 3.05) is 26.5 Å². The molecule has 0 spiro atoms. The van der Waals surface area contributed by atoms with E-state index in [1.807, 2.05) is 18.2 Å². The minimum absolute atomic E-state index is 0.202. The first-order valence-corrected chi connectivity index (χ1v) is 12.9. The van der Waals surface area contributed by atoms with Crippen molar-refractivity contribution < 1.29 is 19.1 Å². The normalized spacial score (nSPS) is 15.6. The minimum Gasteiger partial charge on any atom is -0.422 e. The molecule has 7 heteroatoms. The van der Waals surface area contributed by atoms with Gasteiger partial charge >= 0.3 is 11.9 Å². The van der Waals surface area contributed by atoms with E-state index in [1.54, 1.807) is 30.3 Å². The summed E-state index contributed by atoms with van der Waals surface area (Å²) in [4.78, 5) is 27.9. The van der Waals surface area contributed by atoms with Gasteiger partial charge in [-0.15, -0.1) is 11.6 Å². The molecule has 1 aliphatic carbocycles. The maximum atomic E-state index is 13.1. The van der Waals surface area contributed by atoms with E-state index in [9.17, 15) is 9.59 Å². The SMILES string of the molecule is CCl.CN1CCc2cccc3c2C1Cc1ccc(OC(=O)CCCN)c(OC(=O)c2ccccc2)c1-3. The van der Waals surface area contributed by atoms with E-state index in [1.165, 1.54) is 17.5 Å². The van der Waals surface area contributed by atoms with Crippen LogP contribution in [0.3, 0.4) is 0 Å².